The van der Waals surface area contributed by atoms with E-state index < -0.39 is 0 Å². The summed E-state index contributed by atoms with van der Waals surface area (Å²) in [5.74, 6) is 0.0717. The molecule has 2 nitrogen and oxygen atoms in total. The highest BCUT2D eigenvalue weighted by Crippen LogP contribution is 2.25. The molecule has 1 N–H and O–H groups in total. The molecule has 0 saturated carbocycles. The molecule has 1 radical (unpaired) electrons. The van der Waals surface area contributed by atoms with E-state index in [9.17, 15) is 4.79 Å². The Morgan fingerprint density at radius 1 is 1.15 bits per heavy atom. The lowest BCUT2D eigenvalue weighted by Crippen LogP contribution is -2.13. The normalized spacial score (nSPS) is 11.7. The Morgan fingerprint density at radius 3 is 2.45 bits per heavy atom. The first-order valence-electron chi connectivity index (χ1n) is 6.56. The molecule has 20 heavy (non-hydrogen) atoms. The van der Waals surface area contributed by atoms with Crippen molar-refractivity contribution in [3.05, 3.63) is 84.8 Å². The number of allylic oxidation sites excluding steroid dienone is 1. The quantitative estimate of drug-likeness (QED) is 0.814. The van der Waals surface area contributed by atoms with E-state index >= 15 is 0 Å². The Kier molecular flexibility index (Phi) is 4.36. The van der Waals surface area contributed by atoms with Gasteiger partial charge in [0.15, 0.2) is 0 Å². The first-order chi connectivity index (χ1) is 9.61. The van der Waals surface area contributed by atoms with Gasteiger partial charge in [0.25, 0.3) is 5.91 Å². The van der Waals surface area contributed by atoms with E-state index in [1.807, 2.05) is 42.5 Å². The van der Waals surface area contributed by atoms with E-state index in [1.165, 1.54) is 0 Å². The summed E-state index contributed by atoms with van der Waals surface area (Å²) in [6.45, 7) is 9.67. The maximum Gasteiger partial charge on any atom is 0.255 e. The Balaban J connectivity index is 2.24. The molecular formula is C18H18NO. The zero-order chi connectivity index (χ0) is 14.5. The van der Waals surface area contributed by atoms with Gasteiger partial charge in [-0.25, -0.2) is 0 Å². The molecule has 2 rings (SSSR count). The lowest BCUT2D eigenvalue weighted by molar-refractivity contribution is 0.102. The summed E-state index contributed by atoms with van der Waals surface area (Å²) in [7, 11) is 0. The Morgan fingerprint density at radius 2 is 1.80 bits per heavy atom. The van der Waals surface area contributed by atoms with E-state index in [4.69, 9.17) is 0 Å². The number of para-hydroxylation sites is 1. The molecule has 0 aliphatic rings. The van der Waals surface area contributed by atoms with Crippen LogP contribution in [0.4, 0.5) is 5.69 Å². The molecule has 0 heterocycles. The Hall–Kier alpha value is -2.35. The van der Waals surface area contributed by atoms with Crippen LogP contribution in [0, 0.1) is 6.92 Å². The van der Waals surface area contributed by atoms with Crippen molar-refractivity contribution < 1.29 is 4.79 Å². The third-order valence-electron chi connectivity index (χ3n) is 3.27. The fourth-order valence-corrected chi connectivity index (χ4v) is 1.99. The molecule has 1 atom stereocenters. The number of benzene rings is 2. The number of carbonyl (C=O) groups is 1. The van der Waals surface area contributed by atoms with E-state index in [0.717, 1.165) is 16.8 Å². The molecule has 0 aliphatic carbocycles. The van der Waals surface area contributed by atoms with Crippen molar-refractivity contribution in [2.75, 3.05) is 5.32 Å². The molecule has 101 valence electrons. The van der Waals surface area contributed by atoms with Gasteiger partial charge in [-0.15, -0.1) is 6.58 Å². The smallest absolute Gasteiger partial charge is 0.255 e. The lowest BCUT2D eigenvalue weighted by atomic mass is 9.99. The number of rotatable bonds is 4. The fourth-order valence-electron chi connectivity index (χ4n) is 1.99. The van der Waals surface area contributed by atoms with Crippen LogP contribution in [-0.2, 0) is 0 Å². The van der Waals surface area contributed by atoms with Crippen LogP contribution in [0.2, 0.25) is 0 Å². The van der Waals surface area contributed by atoms with E-state index in [2.05, 4.69) is 25.7 Å². The second kappa shape index (κ2) is 6.20. The predicted octanol–water partition coefficient (Wildman–Crippen LogP) is 4.41. The summed E-state index contributed by atoms with van der Waals surface area (Å²) in [5, 5.41) is 2.95. The minimum absolute atomic E-state index is 0.117. The molecule has 0 aromatic heterocycles. The molecular weight excluding hydrogens is 246 g/mol. The minimum Gasteiger partial charge on any atom is -0.322 e. The van der Waals surface area contributed by atoms with Gasteiger partial charge in [-0.1, -0.05) is 43.3 Å². The van der Waals surface area contributed by atoms with Crippen molar-refractivity contribution in [2.24, 2.45) is 0 Å². The van der Waals surface area contributed by atoms with Gasteiger partial charge < -0.3 is 5.32 Å². The van der Waals surface area contributed by atoms with Crippen LogP contribution in [0.1, 0.15) is 34.3 Å². The van der Waals surface area contributed by atoms with Crippen LogP contribution in [0.15, 0.2) is 61.2 Å². The standard InChI is InChI=1S/C18H18NO/c1-4-14(3)16-7-5-6-8-17(16)19-18(20)15-11-9-13(2)10-12-15/h4-12,14H,1-2H2,3H3,(H,19,20). The molecule has 0 saturated heterocycles. The van der Waals surface area contributed by atoms with Crippen molar-refractivity contribution in [3.63, 3.8) is 0 Å². The maximum atomic E-state index is 12.2. The monoisotopic (exact) mass is 264 g/mol. The first kappa shape index (κ1) is 14.1. The van der Waals surface area contributed by atoms with Crippen LogP contribution >= 0.6 is 0 Å². The summed E-state index contributed by atoms with van der Waals surface area (Å²) in [6.07, 6.45) is 1.86. The first-order valence-corrected chi connectivity index (χ1v) is 6.56. The molecule has 2 heteroatoms. The molecule has 1 unspecified atom stereocenters. The minimum atomic E-state index is -0.117. The van der Waals surface area contributed by atoms with E-state index in [1.54, 1.807) is 12.1 Å². The van der Waals surface area contributed by atoms with Crippen molar-refractivity contribution in [3.8, 4) is 0 Å². The molecule has 0 bridgehead atoms. The summed E-state index contributed by atoms with van der Waals surface area (Å²) in [6, 6.07) is 15.0. The van der Waals surface area contributed by atoms with Crippen molar-refractivity contribution in [1.82, 2.24) is 0 Å². The molecule has 1 amide bonds. The van der Waals surface area contributed by atoms with Gasteiger partial charge in [0.05, 0.1) is 0 Å². The third-order valence-corrected chi connectivity index (χ3v) is 3.27. The summed E-state index contributed by atoms with van der Waals surface area (Å²) >= 11 is 0. The van der Waals surface area contributed by atoms with Gasteiger partial charge in [-0.3, -0.25) is 4.79 Å². The van der Waals surface area contributed by atoms with Crippen LogP contribution in [0.5, 0.6) is 0 Å². The highest BCUT2D eigenvalue weighted by Gasteiger charge is 2.11. The topological polar surface area (TPSA) is 29.1 Å². The zero-order valence-corrected chi connectivity index (χ0v) is 11.6. The number of amides is 1. The fraction of sp³-hybridized carbons (Fsp3) is 0.111. The second-order valence-corrected chi connectivity index (χ2v) is 4.76. The van der Waals surface area contributed by atoms with Gasteiger partial charge in [0.1, 0.15) is 0 Å². The molecule has 0 aliphatic heterocycles. The molecule has 2 aromatic rings. The number of anilines is 1. The summed E-state index contributed by atoms with van der Waals surface area (Å²) in [5.41, 5.74) is 3.40. The van der Waals surface area contributed by atoms with Crippen LogP contribution < -0.4 is 5.32 Å². The summed E-state index contributed by atoms with van der Waals surface area (Å²) in [4.78, 5) is 12.2. The van der Waals surface area contributed by atoms with Gasteiger partial charge in [-0.05, 0) is 36.2 Å². The van der Waals surface area contributed by atoms with Crippen LogP contribution in [0.3, 0.4) is 0 Å². The van der Waals surface area contributed by atoms with Gasteiger partial charge >= 0.3 is 0 Å². The highest BCUT2D eigenvalue weighted by atomic mass is 16.1. The number of hydrogen-bond donors (Lipinski definition) is 1. The SMILES string of the molecule is [CH2]c1ccc(C(=O)Nc2ccccc2C(C)C=C)cc1. The van der Waals surface area contributed by atoms with Gasteiger partial charge in [0.2, 0.25) is 0 Å². The van der Waals surface area contributed by atoms with Crippen molar-refractivity contribution in [1.29, 1.82) is 0 Å². The second-order valence-electron chi connectivity index (χ2n) is 4.76. The predicted molar refractivity (Wildman–Crippen MR) is 83.9 cm³/mol. The highest BCUT2D eigenvalue weighted by molar-refractivity contribution is 6.04. The molecule has 0 spiro atoms. The number of nitrogens with one attached hydrogen (secondary N) is 1. The Labute approximate surface area is 120 Å². The van der Waals surface area contributed by atoms with Crippen LogP contribution in [-0.4, -0.2) is 5.91 Å². The van der Waals surface area contributed by atoms with Crippen LogP contribution in [0.25, 0.3) is 0 Å². The van der Waals surface area contributed by atoms with Gasteiger partial charge in [0, 0.05) is 17.2 Å². The van der Waals surface area contributed by atoms with Crippen molar-refractivity contribution >= 4 is 11.6 Å². The number of carbonyl (C=O) groups excluding carboxylic acids is 1. The summed E-state index contributed by atoms with van der Waals surface area (Å²) < 4.78 is 0. The van der Waals surface area contributed by atoms with E-state index in [0.29, 0.717) is 5.56 Å². The van der Waals surface area contributed by atoms with Crippen molar-refractivity contribution in [2.45, 2.75) is 12.8 Å². The average Bonchev–Trinajstić information content (AvgIpc) is 2.47. The number of hydrogen-bond acceptors (Lipinski definition) is 1. The Bertz CT molecular complexity index is 614. The maximum absolute atomic E-state index is 12.2. The average molecular weight is 264 g/mol. The zero-order valence-electron chi connectivity index (χ0n) is 11.6. The third kappa shape index (κ3) is 3.15. The largest absolute Gasteiger partial charge is 0.322 e. The molecule has 0 fully saturated rings. The lowest BCUT2D eigenvalue weighted by Gasteiger charge is -2.14. The molecule has 2 aromatic carbocycles. The van der Waals surface area contributed by atoms with Gasteiger partial charge in [-0.2, -0.15) is 0 Å². The van der Waals surface area contributed by atoms with E-state index in [-0.39, 0.29) is 11.8 Å².